The summed E-state index contributed by atoms with van der Waals surface area (Å²) in [5.74, 6) is 0.496. The third-order valence-corrected chi connectivity index (χ3v) is 4.14. The van der Waals surface area contributed by atoms with Crippen LogP contribution in [0.2, 0.25) is 10.0 Å². The quantitative estimate of drug-likeness (QED) is 0.899. The van der Waals surface area contributed by atoms with Gasteiger partial charge in [-0.05, 0) is 25.5 Å². The van der Waals surface area contributed by atoms with E-state index >= 15 is 0 Å². The summed E-state index contributed by atoms with van der Waals surface area (Å²) < 4.78 is 11.0. The molecule has 0 amide bonds. The van der Waals surface area contributed by atoms with Crippen LogP contribution in [0.15, 0.2) is 18.2 Å². The van der Waals surface area contributed by atoms with Gasteiger partial charge in [0.25, 0.3) is 0 Å². The van der Waals surface area contributed by atoms with Crippen molar-refractivity contribution < 1.29 is 14.6 Å². The summed E-state index contributed by atoms with van der Waals surface area (Å²) in [5.41, 5.74) is 0. The van der Waals surface area contributed by atoms with Crippen molar-refractivity contribution in [2.24, 2.45) is 0 Å². The van der Waals surface area contributed by atoms with Gasteiger partial charge in [-0.3, -0.25) is 4.90 Å². The average molecular weight is 334 g/mol. The van der Waals surface area contributed by atoms with Crippen LogP contribution in [0, 0.1) is 0 Å². The highest BCUT2D eigenvalue weighted by Crippen LogP contribution is 2.27. The Morgan fingerprint density at radius 2 is 2.24 bits per heavy atom. The van der Waals surface area contributed by atoms with Gasteiger partial charge >= 0.3 is 0 Å². The van der Waals surface area contributed by atoms with Gasteiger partial charge in [0, 0.05) is 36.8 Å². The summed E-state index contributed by atoms with van der Waals surface area (Å²) in [7, 11) is 0. The van der Waals surface area contributed by atoms with Crippen LogP contribution in [0.1, 0.15) is 13.3 Å². The first-order valence-electron chi connectivity index (χ1n) is 7.14. The molecule has 1 aliphatic heterocycles. The number of rotatable bonds is 5. The summed E-state index contributed by atoms with van der Waals surface area (Å²) >= 11 is 11.9. The lowest BCUT2D eigenvalue weighted by atomic mass is 10.2. The fraction of sp³-hybridized carbons (Fsp3) is 0.600. The first-order valence-corrected chi connectivity index (χ1v) is 7.89. The van der Waals surface area contributed by atoms with E-state index in [1.54, 1.807) is 18.2 Å². The topological polar surface area (TPSA) is 41.9 Å². The summed E-state index contributed by atoms with van der Waals surface area (Å²) in [6.45, 7) is 5.21. The summed E-state index contributed by atoms with van der Waals surface area (Å²) in [6, 6.07) is 5.43. The number of aliphatic hydroxyl groups is 1. The molecule has 2 unspecified atom stereocenters. The highest BCUT2D eigenvalue weighted by atomic mass is 35.5. The van der Waals surface area contributed by atoms with Gasteiger partial charge in [0.05, 0.1) is 11.6 Å². The van der Waals surface area contributed by atoms with Gasteiger partial charge in [-0.15, -0.1) is 0 Å². The van der Waals surface area contributed by atoms with Gasteiger partial charge in [-0.2, -0.15) is 0 Å². The van der Waals surface area contributed by atoms with Gasteiger partial charge < -0.3 is 14.6 Å². The largest absolute Gasteiger partial charge is 0.489 e. The summed E-state index contributed by atoms with van der Waals surface area (Å²) in [4.78, 5) is 2.22. The molecule has 0 saturated carbocycles. The zero-order valence-corrected chi connectivity index (χ0v) is 13.6. The van der Waals surface area contributed by atoms with E-state index in [1.165, 1.54) is 0 Å². The molecule has 1 N–H and O–H groups in total. The van der Waals surface area contributed by atoms with Crippen molar-refractivity contribution in [1.29, 1.82) is 0 Å². The molecule has 1 aromatic rings. The minimum Gasteiger partial charge on any atom is -0.489 e. The van der Waals surface area contributed by atoms with Crippen molar-refractivity contribution in [1.82, 2.24) is 4.90 Å². The maximum atomic E-state index is 10.1. The van der Waals surface area contributed by atoms with Crippen molar-refractivity contribution in [3.63, 3.8) is 0 Å². The van der Waals surface area contributed by atoms with Crippen LogP contribution in [0.4, 0.5) is 0 Å². The van der Waals surface area contributed by atoms with Crippen LogP contribution in [-0.4, -0.2) is 55.1 Å². The van der Waals surface area contributed by atoms with Crippen molar-refractivity contribution in [3.8, 4) is 5.75 Å². The number of nitrogens with zero attached hydrogens (tertiary/aromatic N) is 1. The Balaban J connectivity index is 1.83. The molecule has 2 atom stereocenters. The Hall–Kier alpha value is -0.520. The fourth-order valence-electron chi connectivity index (χ4n) is 2.31. The smallest absolute Gasteiger partial charge is 0.139 e. The molecule has 4 nitrogen and oxygen atoms in total. The first kappa shape index (κ1) is 16.8. The second-order valence-corrected chi connectivity index (χ2v) is 6.13. The average Bonchev–Trinajstić information content (AvgIpc) is 2.65. The maximum Gasteiger partial charge on any atom is 0.139 e. The fourth-order valence-corrected chi connectivity index (χ4v) is 2.64. The van der Waals surface area contributed by atoms with E-state index in [0.717, 1.165) is 19.6 Å². The van der Waals surface area contributed by atoms with Crippen LogP contribution in [-0.2, 0) is 4.74 Å². The third kappa shape index (κ3) is 5.31. The molecule has 1 aromatic carbocycles. The van der Waals surface area contributed by atoms with Crippen LogP contribution >= 0.6 is 23.2 Å². The number of ether oxygens (including phenoxy) is 2. The highest BCUT2D eigenvalue weighted by molar-refractivity contribution is 6.34. The van der Waals surface area contributed by atoms with E-state index in [2.05, 4.69) is 11.8 Å². The van der Waals surface area contributed by atoms with E-state index in [4.69, 9.17) is 32.7 Å². The lowest BCUT2D eigenvalue weighted by Crippen LogP contribution is -2.41. The number of β-amino-alcohol motifs (C(OH)–C–C–N with tert-alkyl or cyclic N) is 1. The Morgan fingerprint density at radius 1 is 1.43 bits per heavy atom. The van der Waals surface area contributed by atoms with Gasteiger partial charge in [0.2, 0.25) is 0 Å². The molecule has 0 aliphatic carbocycles. The molecule has 1 heterocycles. The lowest BCUT2D eigenvalue weighted by molar-refractivity contribution is 0.0544. The highest BCUT2D eigenvalue weighted by Gasteiger charge is 2.20. The Labute approximate surface area is 135 Å². The number of aliphatic hydroxyl groups excluding tert-OH is 1. The summed E-state index contributed by atoms with van der Waals surface area (Å²) in [5, 5.41) is 11.2. The molecule has 0 spiro atoms. The minimum atomic E-state index is -0.583. The van der Waals surface area contributed by atoms with Crippen molar-refractivity contribution >= 4 is 23.2 Å². The number of hydrogen-bond donors (Lipinski definition) is 1. The molecule has 0 aromatic heterocycles. The van der Waals surface area contributed by atoms with Gasteiger partial charge in [-0.25, -0.2) is 0 Å². The molecule has 0 bridgehead atoms. The molecular weight excluding hydrogens is 313 g/mol. The van der Waals surface area contributed by atoms with E-state index in [-0.39, 0.29) is 6.61 Å². The predicted octanol–water partition coefficient (Wildman–Crippen LogP) is 2.84. The third-order valence-electron chi connectivity index (χ3n) is 3.60. The molecule has 1 saturated heterocycles. The zero-order valence-electron chi connectivity index (χ0n) is 12.1. The van der Waals surface area contributed by atoms with Crippen molar-refractivity contribution in [2.75, 3.05) is 32.9 Å². The minimum absolute atomic E-state index is 0.185. The Bertz CT molecular complexity index is 459. The standard InChI is InChI=1S/C15H21Cl2NO3/c1-11-4-6-20-7-5-18(11)9-13(19)10-21-15-8-12(16)2-3-14(15)17/h2-3,8,11,13,19H,4-7,9-10H2,1H3. The Morgan fingerprint density at radius 3 is 3.05 bits per heavy atom. The lowest BCUT2D eigenvalue weighted by Gasteiger charge is -2.28. The second-order valence-electron chi connectivity index (χ2n) is 5.28. The number of benzene rings is 1. The first-order chi connectivity index (χ1) is 10.1. The molecule has 118 valence electrons. The zero-order chi connectivity index (χ0) is 15.2. The van der Waals surface area contributed by atoms with E-state index in [9.17, 15) is 5.11 Å². The Kier molecular flexibility index (Phi) is 6.58. The molecule has 2 rings (SSSR count). The molecule has 21 heavy (non-hydrogen) atoms. The number of halogens is 2. The maximum absolute atomic E-state index is 10.1. The van der Waals surface area contributed by atoms with Gasteiger partial charge in [0.15, 0.2) is 0 Å². The normalized spacial score (nSPS) is 21.8. The van der Waals surface area contributed by atoms with Crippen LogP contribution in [0.3, 0.4) is 0 Å². The monoisotopic (exact) mass is 333 g/mol. The predicted molar refractivity (Wildman–Crippen MR) is 84.4 cm³/mol. The van der Waals surface area contributed by atoms with Crippen LogP contribution in [0.25, 0.3) is 0 Å². The second kappa shape index (κ2) is 8.20. The van der Waals surface area contributed by atoms with E-state index < -0.39 is 6.10 Å². The van der Waals surface area contributed by atoms with Gasteiger partial charge in [-0.1, -0.05) is 23.2 Å². The van der Waals surface area contributed by atoms with Crippen molar-refractivity contribution in [3.05, 3.63) is 28.2 Å². The van der Waals surface area contributed by atoms with Crippen LogP contribution in [0.5, 0.6) is 5.75 Å². The number of hydrogen-bond acceptors (Lipinski definition) is 4. The molecule has 6 heteroatoms. The SMILES string of the molecule is CC1CCOCCN1CC(O)COc1cc(Cl)ccc1Cl. The van der Waals surface area contributed by atoms with E-state index in [0.29, 0.717) is 35.0 Å². The molecule has 1 fully saturated rings. The molecule has 1 aliphatic rings. The van der Waals surface area contributed by atoms with Crippen LogP contribution < -0.4 is 4.74 Å². The summed E-state index contributed by atoms with van der Waals surface area (Å²) in [6.07, 6.45) is 0.397. The van der Waals surface area contributed by atoms with Gasteiger partial charge in [0.1, 0.15) is 18.5 Å². The molecular formula is C15H21Cl2NO3. The van der Waals surface area contributed by atoms with E-state index in [1.807, 2.05) is 0 Å². The van der Waals surface area contributed by atoms with Crippen molar-refractivity contribution in [2.45, 2.75) is 25.5 Å². The molecule has 0 radical (unpaired) electrons.